The van der Waals surface area contributed by atoms with Gasteiger partial charge in [0.2, 0.25) is 0 Å². The Labute approximate surface area is 445 Å². The van der Waals surface area contributed by atoms with Gasteiger partial charge in [0.1, 0.15) is 0 Å². The highest BCUT2D eigenvalue weighted by atomic mass is 15.1. The molecule has 0 bridgehead atoms. The molecular weight excluding hydrogens is 919 g/mol. The number of rotatable bonds is 5. The first kappa shape index (κ1) is 45.0. The summed E-state index contributed by atoms with van der Waals surface area (Å²) in [6, 6.07) is 73.1. The number of aromatic amines is 2. The lowest BCUT2D eigenvalue weighted by atomic mass is 9.72. The molecule has 0 saturated heterocycles. The Bertz CT molecular complexity index is 4450. The smallest absolute Gasteiger partial charge is 0.0554 e. The van der Waals surface area contributed by atoms with Crippen molar-refractivity contribution in [1.82, 2.24) is 9.97 Å². The molecule has 10 aromatic carbocycles. The number of nitrogens with one attached hydrogen (secondary N) is 2. The Balaban J connectivity index is 0.947. The van der Waals surface area contributed by atoms with Crippen molar-refractivity contribution in [1.29, 1.82) is 0 Å². The van der Waals surface area contributed by atoms with Gasteiger partial charge < -0.3 is 14.9 Å². The number of hydrogen-bond acceptors (Lipinski definition) is 1. The first-order chi connectivity index (χ1) is 36.6. The lowest BCUT2D eigenvalue weighted by Crippen LogP contribution is -2.24. The van der Waals surface area contributed by atoms with Crippen molar-refractivity contribution in [3.8, 4) is 55.6 Å². The minimum Gasteiger partial charge on any atom is -0.354 e. The van der Waals surface area contributed by atoms with E-state index in [-0.39, 0.29) is 21.7 Å². The van der Waals surface area contributed by atoms with Gasteiger partial charge in [-0.1, -0.05) is 202 Å². The Morgan fingerprint density at radius 2 is 0.842 bits per heavy atom. The summed E-state index contributed by atoms with van der Waals surface area (Å²) in [6.45, 7) is 21.7. The van der Waals surface area contributed by atoms with Crippen LogP contribution in [0.3, 0.4) is 0 Å². The van der Waals surface area contributed by atoms with Gasteiger partial charge in [0, 0.05) is 77.0 Å². The van der Waals surface area contributed by atoms with Crippen molar-refractivity contribution >= 4 is 60.7 Å². The number of fused-ring (bicyclic) bond motifs is 19. The van der Waals surface area contributed by atoms with Crippen LogP contribution >= 0.6 is 0 Å². The standard InChI is InChI=1S/C73H61N3/c1-70(2,3)54-27-17-13-23-47(54)53-41-58-61(63-51-25-15-19-29-59(51)74-68(53)63)49-37-35-45(39-56(49)71(58,4)5)76(44-33-31-43(32-34-44)42-21-11-10-12-22-42)46-36-38-50-57(40-46)73(8,9)67-65(50)69-64(52-26-16-20-30-60(52)75-69)62-48-24-14-18-28-55(48)72(6,7)66(62)67/h10-41,74-75H,1-9H3. The zero-order valence-corrected chi connectivity index (χ0v) is 44.9. The summed E-state index contributed by atoms with van der Waals surface area (Å²) >= 11 is 0. The predicted octanol–water partition coefficient (Wildman–Crippen LogP) is 20.0. The van der Waals surface area contributed by atoms with Crippen molar-refractivity contribution in [2.75, 3.05) is 4.90 Å². The van der Waals surface area contributed by atoms with E-state index in [0.717, 1.165) is 17.1 Å². The average molecular weight is 980 g/mol. The summed E-state index contributed by atoms with van der Waals surface area (Å²) in [7, 11) is 0. The van der Waals surface area contributed by atoms with Crippen LogP contribution in [0.5, 0.6) is 0 Å². The minimum absolute atomic E-state index is 0.0368. The second-order valence-corrected chi connectivity index (χ2v) is 24.6. The molecule has 3 heteroatoms. The van der Waals surface area contributed by atoms with Gasteiger partial charge in [0.05, 0.1) is 11.0 Å². The Morgan fingerprint density at radius 1 is 0.355 bits per heavy atom. The van der Waals surface area contributed by atoms with Crippen LogP contribution in [0.1, 0.15) is 101 Å². The quantitative estimate of drug-likeness (QED) is 0.177. The fraction of sp³-hybridized carbons (Fsp3) is 0.178. The molecule has 0 saturated carbocycles. The van der Waals surface area contributed by atoms with Gasteiger partial charge in [-0.05, 0) is 143 Å². The zero-order valence-electron chi connectivity index (χ0n) is 44.9. The minimum atomic E-state index is -0.312. The highest BCUT2D eigenvalue weighted by Crippen LogP contribution is 2.64. The van der Waals surface area contributed by atoms with Gasteiger partial charge in [0.25, 0.3) is 0 Å². The van der Waals surface area contributed by atoms with Crippen LogP contribution in [0.15, 0.2) is 194 Å². The lowest BCUT2D eigenvalue weighted by molar-refractivity contribution is 0.592. The average Bonchev–Trinajstić information content (AvgIpc) is 4.22. The molecule has 3 aliphatic rings. The van der Waals surface area contributed by atoms with Crippen LogP contribution in [-0.2, 0) is 21.7 Å². The molecule has 0 spiro atoms. The zero-order chi connectivity index (χ0) is 51.8. The Morgan fingerprint density at radius 3 is 1.51 bits per heavy atom. The molecule has 0 radical (unpaired) electrons. The molecule has 3 nitrogen and oxygen atoms in total. The third kappa shape index (κ3) is 6.00. The topological polar surface area (TPSA) is 34.8 Å². The van der Waals surface area contributed by atoms with Crippen LogP contribution in [0.25, 0.3) is 99.2 Å². The van der Waals surface area contributed by atoms with E-state index in [9.17, 15) is 0 Å². The Kier molecular flexibility index (Phi) is 9.10. The fourth-order valence-corrected chi connectivity index (χ4v) is 14.6. The molecule has 0 aliphatic heterocycles. The third-order valence-electron chi connectivity index (χ3n) is 18.2. The second kappa shape index (κ2) is 15.4. The van der Waals surface area contributed by atoms with Crippen LogP contribution in [0, 0.1) is 0 Å². The van der Waals surface area contributed by atoms with Crippen molar-refractivity contribution in [2.24, 2.45) is 0 Å². The molecule has 368 valence electrons. The number of hydrogen-bond donors (Lipinski definition) is 2. The maximum absolute atomic E-state index is 4.02. The van der Waals surface area contributed by atoms with Gasteiger partial charge in [-0.3, -0.25) is 0 Å². The van der Waals surface area contributed by atoms with Crippen LogP contribution in [0.2, 0.25) is 0 Å². The van der Waals surface area contributed by atoms with Crippen molar-refractivity contribution in [3.63, 3.8) is 0 Å². The van der Waals surface area contributed by atoms with Crippen LogP contribution < -0.4 is 4.90 Å². The van der Waals surface area contributed by atoms with E-state index in [1.54, 1.807) is 0 Å². The summed E-state index contributed by atoms with van der Waals surface area (Å²) in [5, 5.41) is 5.20. The van der Waals surface area contributed by atoms with Gasteiger partial charge >= 0.3 is 0 Å². The monoisotopic (exact) mass is 979 g/mol. The van der Waals surface area contributed by atoms with E-state index >= 15 is 0 Å². The first-order valence-corrected chi connectivity index (χ1v) is 27.3. The SMILES string of the molecule is CC(C)(C)c1ccccc1-c1cc2c(c3c1[nH]c1ccccc13)-c1ccc(N(c3ccc(-c4ccccc4)cc3)c3ccc4c(c3)C(C)(C)c3c5c(c6c([nH]c7ccccc76)c3-4)-c3ccccc3C5(C)C)cc1C2(C)C. The van der Waals surface area contributed by atoms with Crippen LogP contribution in [0.4, 0.5) is 17.1 Å². The highest BCUT2D eigenvalue weighted by Gasteiger charge is 2.48. The summed E-state index contributed by atoms with van der Waals surface area (Å²) in [4.78, 5) is 10.5. The van der Waals surface area contributed by atoms with E-state index in [1.807, 2.05) is 0 Å². The number of nitrogens with zero attached hydrogens (tertiary/aromatic N) is 1. The van der Waals surface area contributed by atoms with E-state index in [2.05, 4.69) is 271 Å². The molecule has 0 amide bonds. The number of para-hydroxylation sites is 2. The summed E-state index contributed by atoms with van der Waals surface area (Å²) < 4.78 is 0. The maximum Gasteiger partial charge on any atom is 0.0554 e. The molecule has 0 fully saturated rings. The molecule has 12 aromatic rings. The first-order valence-electron chi connectivity index (χ1n) is 27.3. The number of H-pyrrole nitrogens is 2. The van der Waals surface area contributed by atoms with E-state index < -0.39 is 0 Å². The van der Waals surface area contributed by atoms with Gasteiger partial charge in [0.15, 0.2) is 0 Å². The lowest BCUT2D eigenvalue weighted by Gasteiger charge is -2.32. The Hall–Kier alpha value is -8.40. The van der Waals surface area contributed by atoms with E-state index in [0.29, 0.717) is 0 Å². The second-order valence-electron chi connectivity index (χ2n) is 24.6. The number of aromatic nitrogens is 2. The van der Waals surface area contributed by atoms with Gasteiger partial charge in [-0.15, -0.1) is 0 Å². The molecule has 0 unspecified atom stereocenters. The maximum atomic E-state index is 4.02. The van der Waals surface area contributed by atoms with Crippen molar-refractivity contribution in [2.45, 2.75) is 84.0 Å². The molecule has 0 atom stereocenters. The highest BCUT2D eigenvalue weighted by molar-refractivity contribution is 6.23. The van der Waals surface area contributed by atoms with Crippen molar-refractivity contribution < 1.29 is 0 Å². The normalized spacial score (nSPS) is 15.2. The molecule has 2 aromatic heterocycles. The van der Waals surface area contributed by atoms with Crippen LogP contribution in [-0.4, -0.2) is 9.97 Å². The predicted molar refractivity (Wildman–Crippen MR) is 322 cm³/mol. The number of anilines is 3. The van der Waals surface area contributed by atoms with Gasteiger partial charge in [-0.25, -0.2) is 0 Å². The van der Waals surface area contributed by atoms with E-state index in [1.165, 1.54) is 138 Å². The summed E-state index contributed by atoms with van der Waals surface area (Å²) in [6.07, 6.45) is 0. The fourth-order valence-electron chi connectivity index (χ4n) is 14.6. The largest absolute Gasteiger partial charge is 0.354 e. The van der Waals surface area contributed by atoms with Crippen molar-refractivity contribution in [3.05, 3.63) is 233 Å². The molecular formula is C73H61N3. The van der Waals surface area contributed by atoms with Gasteiger partial charge in [-0.2, -0.15) is 0 Å². The third-order valence-corrected chi connectivity index (χ3v) is 18.2. The molecule has 2 N–H and O–H groups in total. The summed E-state index contributed by atoms with van der Waals surface area (Å²) in [5.41, 5.74) is 30.1. The molecule has 15 rings (SSSR count). The molecule has 76 heavy (non-hydrogen) atoms. The molecule has 3 aliphatic carbocycles. The number of benzene rings is 10. The summed E-state index contributed by atoms with van der Waals surface area (Å²) in [5.74, 6) is 0. The molecule has 2 heterocycles. The van der Waals surface area contributed by atoms with E-state index in [4.69, 9.17) is 0 Å².